The molecular formula is C12H10ClNO5S. The molecule has 106 valence electrons. The van der Waals surface area contributed by atoms with Crippen LogP contribution in [-0.2, 0) is 10.0 Å². The van der Waals surface area contributed by atoms with Crippen molar-refractivity contribution in [1.82, 2.24) is 0 Å². The molecule has 0 unspecified atom stereocenters. The summed E-state index contributed by atoms with van der Waals surface area (Å²) in [5, 5.41) is 9.16. The monoisotopic (exact) mass is 315 g/mol. The number of rotatable bonds is 4. The van der Waals surface area contributed by atoms with E-state index in [4.69, 9.17) is 21.1 Å². The summed E-state index contributed by atoms with van der Waals surface area (Å²) in [7, 11) is -3.94. The highest BCUT2D eigenvalue weighted by atomic mass is 35.5. The molecule has 2 rings (SSSR count). The molecule has 0 saturated heterocycles. The van der Waals surface area contributed by atoms with Crippen molar-refractivity contribution in [2.75, 3.05) is 4.72 Å². The number of hydrogen-bond acceptors (Lipinski definition) is 4. The molecule has 0 bridgehead atoms. The van der Waals surface area contributed by atoms with Crippen LogP contribution in [0.15, 0.2) is 39.6 Å². The zero-order valence-electron chi connectivity index (χ0n) is 10.3. The molecule has 0 atom stereocenters. The lowest BCUT2D eigenvalue weighted by Gasteiger charge is -2.06. The van der Waals surface area contributed by atoms with Gasteiger partial charge in [-0.3, -0.25) is 4.72 Å². The Morgan fingerprint density at radius 1 is 1.35 bits per heavy atom. The summed E-state index contributed by atoms with van der Waals surface area (Å²) in [6.07, 6.45) is 0. The molecule has 0 saturated carbocycles. The number of halogens is 1. The first kappa shape index (κ1) is 14.4. The lowest BCUT2D eigenvalue weighted by Crippen LogP contribution is -2.13. The van der Waals surface area contributed by atoms with Gasteiger partial charge < -0.3 is 9.52 Å². The van der Waals surface area contributed by atoms with Gasteiger partial charge in [-0.15, -0.1) is 0 Å². The lowest BCUT2D eigenvalue weighted by molar-refractivity contribution is 0.0661. The Bertz CT molecular complexity index is 766. The quantitative estimate of drug-likeness (QED) is 0.904. The smallest absolute Gasteiger partial charge is 0.371 e. The maximum Gasteiger partial charge on any atom is 0.371 e. The molecule has 0 aliphatic carbocycles. The third-order valence-corrected chi connectivity index (χ3v) is 4.17. The van der Waals surface area contributed by atoms with Crippen LogP contribution < -0.4 is 4.72 Å². The van der Waals surface area contributed by atoms with Crippen LogP contribution >= 0.6 is 11.6 Å². The number of anilines is 1. The second-order valence-corrected chi connectivity index (χ2v) is 6.04. The predicted octanol–water partition coefficient (Wildman–Crippen LogP) is 2.74. The lowest BCUT2D eigenvalue weighted by atomic mass is 10.3. The molecule has 1 aromatic carbocycles. The molecule has 0 radical (unpaired) electrons. The van der Waals surface area contributed by atoms with E-state index in [9.17, 15) is 13.2 Å². The Labute approximate surface area is 120 Å². The molecule has 2 N–H and O–H groups in total. The number of aromatic carboxylic acids is 1. The molecular weight excluding hydrogens is 306 g/mol. The third-order valence-electron chi connectivity index (χ3n) is 2.45. The van der Waals surface area contributed by atoms with Crippen molar-refractivity contribution in [3.8, 4) is 0 Å². The van der Waals surface area contributed by atoms with Gasteiger partial charge in [0.15, 0.2) is 0 Å². The van der Waals surface area contributed by atoms with E-state index in [0.717, 1.165) is 6.07 Å². The number of furan rings is 1. The maximum absolute atomic E-state index is 12.2. The van der Waals surface area contributed by atoms with Crippen molar-refractivity contribution in [3.05, 3.63) is 46.9 Å². The highest BCUT2D eigenvalue weighted by Gasteiger charge is 2.23. The average molecular weight is 316 g/mol. The molecule has 20 heavy (non-hydrogen) atoms. The van der Waals surface area contributed by atoms with Crippen LogP contribution in [0.5, 0.6) is 0 Å². The number of carbonyl (C=O) groups is 1. The minimum absolute atomic E-state index is 0.00284. The van der Waals surface area contributed by atoms with E-state index in [1.807, 2.05) is 0 Å². The maximum atomic E-state index is 12.2. The number of sulfonamides is 1. The first-order chi connectivity index (χ1) is 9.29. The summed E-state index contributed by atoms with van der Waals surface area (Å²) in [5.74, 6) is -1.77. The van der Waals surface area contributed by atoms with Crippen LogP contribution in [0.1, 0.15) is 16.3 Å². The van der Waals surface area contributed by atoms with Crippen LogP contribution in [0.3, 0.4) is 0 Å². The van der Waals surface area contributed by atoms with Crippen molar-refractivity contribution in [3.63, 3.8) is 0 Å². The van der Waals surface area contributed by atoms with Crippen LogP contribution in [0.2, 0.25) is 5.02 Å². The van der Waals surface area contributed by atoms with Gasteiger partial charge in [0.2, 0.25) is 5.76 Å². The third kappa shape index (κ3) is 2.94. The first-order valence-electron chi connectivity index (χ1n) is 5.42. The van der Waals surface area contributed by atoms with E-state index in [-0.39, 0.29) is 16.3 Å². The molecule has 1 heterocycles. The largest absolute Gasteiger partial charge is 0.475 e. The van der Waals surface area contributed by atoms with Crippen molar-refractivity contribution in [1.29, 1.82) is 0 Å². The average Bonchev–Trinajstić information content (AvgIpc) is 2.71. The molecule has 2 aromatic rings. The predicted molar refractivity (Wildman–Crippen MR) is 72.7 cm³/mol. The Balaban J connectivity index is 2.38. The van der Waals surface area contributed by atoms with E-state index in [0.29, 0.717) is 5.02 Å². The van der Waals surface area contributed by atoms with Crippen LogP contribution in [0, 0.1) is 6.92 Å². The van der Waals surface area contributed by atoms with E-state index < -0.39 is 21.8 Å². The Hall–Kier alpha value is -1.99. The summed E-state index contributed by atoms with van der Waals surface area (Å²) in [6.45, 7) is 1.37. The van der Waals surface area contributed by atoms with Gasteiger partial charge in [-0.05, 0) is 25.1 Å². The highest BCUT2D eigenvalue weighted by Crippen LogP contribution is 2.24. The van der Waals surface area contributed by atoms with Gasteiger partial charge in [0.05, 0.1) is 5.69 Å². The van der Waals surface area contributed by atoms with E-state index in [1.54, 1.807) is 12.1 Å². The van der Waals surface area contributed by atoms with Gasteiger partial charge in [0.1, 0.15) is 10.7 Å². The van der Waals surface area contributed by atoms with E-state index >= 15 is 0 Å². The minimum Gasteiger partial charge on any atom is -0.475 e. The highest BCUT2D eigenvalue weighted by molar-refractivity contribution is 7.92. The summed E-state index contributed by atoms with van der Waals surface area (Å²) >= 11 is 5.77. The van der Waals surface area contributed by atoms with Crippen molar-refractivity contribution >= 4 is 33.3 Å². The van der Waals surface area contributed by atoms with Crippen molar-refractivity contribution < 1.29 is 22.7 Å². The molecule has 0 aliphatic heterocycles. The fourth-order valence-corrected chi connectivity index (χ4v) is 3.02. The zero-order valence-corrected chi connectivity index (χ0v) is 11.8. The van der Waals surface area contributed by atoms with Crippen molar-refractivity contribution in [2.24, 2.45) is 0 Å². The van der Waals surface area contributed by atoms with Gasteiger partial charge in [0, 0.05) is 11.1 Å². The minimum atomic E-state index is -3.94. The second kappa shape index (κ2) is 5.18. The summed E-state index contributed by atoms with van der Waals surface area (Å²) < 4.78 is 31.5. The number of nitrogens with one attached hydrogen (secondary N) is 1. The fourth-order valence-electron chi connectivity index (χ4n) is 1.60. The molecule has 0 aliphatic rings. The van der Waals surface area contributed by atoms with Crippen molar-refractivity contribution in [2.45, 2.75) is 11.8 Å². The first-order valence-corrected chi connectivity index (χ1v) is 7.28. The molecule has 1 aromatic heterocycles. The summed E-state index contributed by atoms with van der Waals surface area (Å²) in [6, 6.07) is 7.12. The van der Waals surface area contributed by atoms with Gasteiger partial charge in [-0.25, -0.2) is 13.2 Å². The van der Waals surface area contributed by atoms with Gasteiger partial charge >= 0.3 is 5.97 Å². The van der Waals surface area contributed by atoms with Crippen LogP contribution in [0.4, 0.5) is 5.69 Å². The normalized spacial score (nSPS) is 11.3. The molecule has 0 amide bonds. The number of benzene rings is 1. The topological polar surface area (TPSA) is 96.6 Å². The molecule has 6 nitrogen and oxygen atoms in total. The number of hydrogen-bond donors (Lipinski definition) is 2. The fraction of sp³-hybridized carbons (Fsp3) is 0.0833. The number of aryl methyl sites for hydroxylation is 1. The second-order valence-electron chi connectivity index (χ2n) is 3.95. The van der Waals surface area contributed by atoms with Crippen LogP contribution in [0.25, 0.3) is 0 Å². The van der Waals surface area contributed by atoms with E-state index in [2.05, 4.69) is 4.72 Å². The standard InChI is InChI=1S/C12H10ClNO5S/c1-7-11(6-10(19-7)12(15)16)20(17,18)14-9-4-2-3-8(13)5-9/h2-6,14H,1H3,(H,15,16). The van der Waals surface area contributed by atoms with Gasteiger partial charge in [-0.2, -0.15) is 0 Å². The summed E-state index contributed by atoms with van der Waals surface area (Å²) in [4.78, 5) is 10.5. The molecule has 8 heteroatoms. The van der Waals surface area contributed by atoms with Gasteiger partial charge in [-0.1, -0.05) is 17.7 Å². The number of carboxylic acid groups (broad SMARTS) is 1. The number of carboxylic acids is 1. The Kier molecular flexibility index (Phi) is 3.74. The van der Waals surface area contributed by atoms with Crippen LogP contribution in [-0.4, -0.2) is 19.5 Å². The SMILES string of the molecule is Cc1oc(C(=O)O)cc1S(=O)(=O)Nc1cccc(Cl)c1. The summed E-state index contributed by atoms with van der Waals surface area (Å²) in [5.41, 5.74) is 0.273. The zero-order chi connectivity index (χ0) is 14.9. The molecule has 0 fully saturated rings. The Morgan fingerprint density at radius 2 is 2.05 bits per heavy atom. The Morgan fingerprint density at radius 3 is 2.60 bits per heavy atom. The molecule has 0 spiro atoms. The van der Waals surface area contributed by atoms with E-state index in [1.165, 1.54) is 19.1 Å². The van der Waals surface area contributed by atoms with Gasteiger partial charge in [0.25, 0.3) is 10.0 Å².